The summed E-state index contributed by atoms with van der Waals surface area (Å²) in [6.07, 6.45) is 111. The summed E-state index contributed by atoms with van der Waals surface area (Å²) in [7, 11) is 0. The summed E-state index contributed by atoms with van der Waals surface area (Å²) in [5.74, 6) is -0.0616. The quantitative estimate of drug-likeness (QED) is 0.0319. The van der Waals surface area contributed by atoms with E-state index in [0.717, 1.165) is 135 Å². The van der Waals surface area contributed by atoms with Gasteiger partial charge in [0.2, 0.25) is 0 Å². The normalized spacial score (nSPS) is 13.7. The molecule has 1 aliphatic rings. The van der Waals surface area contributed by atoms with Gasteiger partial charge in [-0.05, 0) is 219 Å². The number of esters is 1. The highest BCUT2D eigenvalue weighted by molar-refractivity contribution is 5.69. The van der Waals surface area contributed by atoms with Crippen LogP contribution in [0, 0.1) is 0 Å². The Labute approximate surface area is 599 Å². The number of likely N-dealkylation sites (tertiary alicyclic amines) is 1. The van der Waals surface area contributed by atoms with Gasteiger partial charge in [-0.3, -0.25) is 4.79 Å². The average molecular weight is 1340 g/mol. The lowest BCUT2D eigenvalue weighted by molar-refractivity contribution is -0.144. The maximum absolute atomic E-state index is 12.3. The number of carbonyl (C=O) groups is 1. The first-order valence-corrected chi connectivity index (χ1v) is 42.4. The summed E-state index contributed by atoms with van der Waals surface area (Å²) in [6.45, 7) is 12.9. The number of hydrogen-bond donors (Lipinski definition) is 3. The van der Waals surface area contributed by atoms with Crippen LogP contribution in [0.1, 0.15) is 426 Å². The molecule has 6 heteroatoms. The highest BCUT2D eigenvalue weighted by Gasteiger charge is 2.26. The largest absolute Gasteiger partial charge is 0.466 e. The third kappa shape index (κ3) is 72.5. The van der Waals surface area contributed by atoms with Crippen LogP contribution in [0.15, 0.2) is 97.2 Å². The van der Waals surface area contributed by atoms with Crippen LogP contribution in [0.3, 0.4) is 0 Å². The summed E-state index contributed by atoms with van der Waals surface area (Å²) in [5, 5.41) is 32.3. The second-order valence-electron chi connectivity index (χ2n) is 29.3. The van der Waals surface area contributed by atoms with E-state index in [0.29, 0.717) is 13.0 Å². The fourth-order valence-corrected chi connectivity index (χ4v) is 13.3. The second-order valence-corrected chi connectivity index (χ2v) is 29.3. The maximum Gasteiger partial charge on any atom is 0.307 e. The Bertz CT molecular complexity index is 1700. The van der Waals surface area contributed by atoms with E-state index in [1.165, 1.54) is 276 Å². The molecule has 0 radical (unpaired) electrons. The number of piperidine rings is 1. The fraction of sp³-hybridized carbons (Fsp3) is 0.811. The summed E-state index contributed by atoms with van der Waals surface area (Å²) >= 11 is 0. The van der Waals surface area contributed by atoms with Crippen molar-refractivity contribution in [3.8, 4) is 0 Å². The van der Waals surface area contributed by atoms with Gasteiger partial charge >= 0.3 is 5.97 Å². The summed E-state index contributed by atoms with van der Waals surface area (Å²) in [5.41, 5.74) is -1.08. The Morgan fingerprint density at radius 3 is 0.823 bits per heavy atom. The van der Waals surface area contributed by atoms with Crippen molar-refractivity contribution in [2.24, 2.45) is 0 Å². The molecule has 0 saturated carbocycles. The molecule has 0 atom stereocenters. The molecule has 0 bridgehead atoms. The first kappa shape index (κ1) is 93.2. The van der Waals surface area contributed by atoms with Gasteiger partial charge in [0.15, 0.2) is 0 Å². The minimum atomic E-state index is -0.567. The van der Waals surface area contributed by atoms with Gasteiger partial charge in [-0.2, -0.15) is 0 Å². The number of allylic oxidation sites excluding steroid dienone is 16. The molecule has 0 spiro atoms. The monoisotopic (exact) mass is 1340 g/mol. The molecule has 1 heterocycles. The van der Waals surface area contributed by atoms with Crippen LogP contribution < -0.4 is 0 Å². The zero-order chi connectivity index (χ0) is 69.6. The molecule has 0 amide bonds. The van der Waals surface area contributed by atoms with Gasteiger partial charge in [-0.15, -0.1) is 0 Å². The first-order chi connectivity index (χ1) is 47.3. The lowest BCUT2D eigenvalue weighted by Gasteiger charge is -2.29. The molecule has 0 aliphatic carbocycles. The number of aliphatic hydroxyl groups is 3. The molecular weight excluding hydrogens is 1170 g/mol. The van der Waals surface area contributed by atoms with E-state index in [2.05, 4.69) is 130 Å². The number of aliphatic hydroxyl groups excluding tert-OH is 1. The zero-order valence-corrected chi connectivity index (χ0v) is 64.7. The predicted octanol–water partition coefficient (Wildman–Crippen LogP) is 28.0. The van der Waals surface area contributed by atoms with Crippen molar-refractivity contribution in [2.75, 3.05) is 32.8 Å². The number of rotatable bonds is 72. The van der Waals surface area contributed by atoms with Crippen LogP contribution in [-0.4, -0.2) is 70.2 Å². The number of nitrogens with zero attached hydrogens (tertiary/aromatic N) is 1. The van der Waals surface area contributed by atoms with Crippen LogP contribution in [0.5, 0.6) is 0 Å². The van der Waals surface area contributed by atoms with Crippen molar-refractivity contribution in [3.63, 3.8) is 0 Å². The van der Waals surface area contributed by atoms with Crippen molar-refractivity contribution < 1.29 is 24.9 Å². The molecule has 0 aromatic heterocycles. The number of unbranched alkanes of at least 4 members (excludes halogenated alkanes) is 38. The van der Waals surface area contributed by atoms with E-state index in [9.17, 15) is 20.1 Å². The molecule has 0 aromatic carbocycles. The lowest BCUT2D eigenvalue weighted by Crippen LogP contribution is -2.32. The van der Waals surface area contributed by atoms with Crippen molar-refractivity contribution in [1.29, 1.82) is 0 Å². The van der Waals surface area contributed by atoms with Crippen molar-refractivity contribution in [1.82, 2.24) is 4.90 Å². The van der Waals surface area contributed by atoms with E-state index in [-0.39, 0.29) is 12.6 Å². The first-order valence-electron chi connectivity index (χ1n) is 42.4. The molecule has 3 N–H and O–H groups in total. The van der Waals surface area contributed by atoms with Gasteiger partial charge in [0, 0.05) is 13.2 Å². The number of ether oxygens (including phenoxy) is 1. The predicted molar refractivity (Wildman–Crippen MR) is 426 cm³/mol. The van der Waals surface area contributed by atoms with E-state index in [4.69, 9.17) is 4.74 Å². The van der Waals surface area contributed by atoms with Crippen molar-refractivity contribution in [2.45, 2.75) is 437 Å². The molecule has 1 saturated heterocycles. The van der Waals surface area contributed by atoms with E-state index in [1.807, 2.05) is 0 Å². The average Bonchev–Trinajstić information content (AvgIpc) is 1.47. The summed E-state index contributed by atoms with van der Waals surface area (Å²) in [4.78, 5) is 14.7. The van der Waals surface area contributed by atoms with Gasteiger partial charge in [-0.1, -0.05) is 311 Å². The Morgan fingerprint density at radius 1 is 0.312 bits per heavy atom. The molecule has 1 fully saturated rings. The molecule has 1 rings (SSSR count). The fourth-order valence-electron chi connectivity index (χ4n) is 13.3. The third-order valence-corrected chi connectivity index (χ3v) is 19.8. The molecule has 96 heavy (non-hydrogen) atoms. The Morgan fingerprint density at radius 2 is 0.552 bits per heavy atom. The third-order valence-electron chi connectivity index (χ3n) is 19.8. The summed E-state index contributed by atoms with van der Waals surface area (Å²) < 4.78 is 5.57. The smallest absolute Gasteiger partial charge is 0.307 e. The van der Waals surface area contributed by atoms with Gasteiger partial charge < -0.3 is 25.0 Å². The van der Waals surface area contributed by atoms with E-state index in [1.54, 1.807) is 0 Å². The number of hydrogen-bond acceptors (Lipinski definition) is 6. The maximum atomic E-state index is 12.3. The van der Waals surface area contributed by atoms with Crippen LogP contribution >= 0.6 is 0 Å². The van der Waals surface area contributed by atoms with Crippen molar-refractivity contribution in [3.05, 3.63) is 97.2 Å². The molecule has 6 nitrogen and oxygen atoms in total. The summed E-state index contributed by atoms with van der Waals surface area (Å²) in [6, 6.07) is 0. The van der Waals surface area contributed by atoms with Gasteiger partial charge in [0.25, 0.3) is 0 Å². The Balaban J connectivity index is 0.00000192. The van der Waals surface area contributed by atoms with Crippen LogP contribution in [-0.2, 0) is 9.53 Å². The second kappa shape index (κ2) is 78.0. The Kier molecular flexibility index (Phi) is 75.7. The molecule has 560 valence electrons. The van der Waals surface area contributed by atoms with Crippen LogP contribution in [0.25, 0.3) is 0 Å². The van der Waals surface area contributed by atoms with E-state index >= 15 is 0 Å². The number of carbonyl (C=O) groups excluding carboxylic acids is 1. The van der Waals surface area contributed by atoms with Gasteiger partial charge in [-0.25, -0.2) is 0 Å². The van der Waals surface area contributed by atoms with Crippen LogP contribution in [0.2, 0.25) is 0 Å². The molecule has 1 aliphatic heterocycles. The van der Waals surface area contributed by atoms with Gasteiger partial charge in [0.05, 0.1) is 24.2 Å². The van der Waals surface area contributed by atoms with E-state index < -0.39 is 11.2 Å². The highest BCUT2D eigenvalue weighted by Crippen LogP contribution is 2.31. The topological polar surface area (TPSA) is 90.2 Å². The Hall–Kier alpha value is -2.77. The standard InChI is InChI=1S/C49H89NO3.C41H76O2/c1-3-5-7-9-11-13-15-17-19-21-23-25-27-29-31-34-41-49(52,43-36-39-47-53-48(51)40-46-50-44-37-33-38-45-50)42-35-32-30-28-26-24-22-20-18-16-14-12-10-8-6-4-2;1-3-5-7-9-11-13-15-17-19-21-23-25-27-29-31-33-37-41(43,39-35-36-40-42)38-34-32-30-28-26-24-22-20-18-16-14-12-10-8-6-4-2/h11-14,17-20,52H,3-10,15-16,21-47H2,1-2H3;11-14,17-20,42-43H,3-10,15-16,21-40H2,1-2H3/b2*13-11-,14-12-,19-17-,20-18-. The molecular formula is C90H165NO5. The zero-order valence-electron chi connectivity index (χ0n) is 64.7. The minimum absolute atomic E-state index is 0.0616. The van der Waals surface area contributed by atoms with Crippen molar-refractivity contribution >= 4 is 5.97 Å². The lowest BCUT2D eigenvalue weighted by atomic mass is 9.85. The van der Waals surface area contributed by atoms with Gasteiger partial charge in [0.1, 0.15) is 0 Å². The minimum Gasteiger partial charge on any atom is -0.466 e. The van der Waals surface area contributed by atoms with Crippen LogP contribution in [0.4, 0.5) is 0 Å². The SMILES string of the molecule is CCCCC/C=C\C/C=C\CCCCCCCCC(O)(CCCCCCCC/C=C\C/C=C\CCCCC)CCCCOC(=O)CCN1CCCCC1.CCCCC/C=C\C/C=C\CCCCCCCCC(O)(CCCCO)CCCCCCCC/C=C\C/C=C\CCCCC. The molecule has 0 unspecified atom stereocenters. The molecule has 0 aromatic rings. The highest BCUT2D eigenvalue weighted by atomic mass is 16.5.